The molecule has 1 aliphatic rings. The molecule has 176 valence electrons. The minimum atomic E-state index is -0.889. The second kappa shape index (κ2) is 10.6. The first-order valence-electron chi connectivity index (χ1n) is 11.5. The quantitative estimate of drug-likeness (QED) is 0.559. The number of hydrogen-bond donors (Lipinski definition) is 1. The molecule has 7 heteroatoms. The number of ether oxygens (including phenoxy) is 1. The van der Waals surface area contributed by atoms with E-state index in [1.165, 1.54) is 0 Å². The standard InChI is InChI=1S/C26H33N3O4/c1-6-28(7-2)22(18-11-10-12-19(15-18)33-5)16-27-24(30)23(17(3)4)29-25(31)20-13-8-9-14-21(20)26(29)32/h8-15,17,22-23H,6-7,16H2,1-5H3,(H,27,30). The predicted molar refractivity (Wildman–Crippen MR) is 127 cm³/mol. The molecule has 0 saturated carbocycles. The molecule has 2 unspecified atom stereocenters. The van der Waals surface area contributed by atoms with Gasteiger partial charge >= 0.3 is 0 Å². The van der Waals surface area contributed by atoms with Crippen molar-refractivity contribution in [1.82, 2.24) is 15.1 Å². The molecular weight excluding hydrogens is 418 g/mol. The summed E-state index contributed by atoms with van der Waals surface area (Å²) in [6.07, 6.45) is 0. The molecule has 2 atom stereocenters. The number of nitrogens with zero attached hydrogens (tertiary/aromatic N) is 2. The van der Waals surface area contributed by atoms with E-state index in [2.05, 4.69) is 24.1 Å². The number of benzene rings is 2. The number of fused-ring (bicyclic) bond motifs is 1. The van der Waals surface area contributed by atoms with Gasteiger partial charge in [0.05, 0.1) is 24.3 Å². The zero-order valence-electron chi connectivity index (χ0n) is 20.0. The van der Waals surface area contributed by atoms with Gasteiger partial charge in [0.25, 0.3) is 11.8 Å². The van der Waals surface area contributed by atoms with Crippen molar-refractivity contribution in [3.05, 3.63) is 65.2 Å². The molecule has 3 amide bonds. The summed E-state index contributed by atoms with van der Waals surface area (Å²) in [4.78, 5) is 42.7. The van der Waals surface area contributed by atoms with Crippen molar-refractivity contribution < 1.29 is 19.1 Å². The highest BCUT2D eigenvalue weighted by atomic mass is 16.5. The molecular formula is C26H33N3O4. The second-order valence-corrected chi connectivity index (χ2v) is 8.47. The fourth-order valence-electron chi connectivity index (χ4n) is 4.45. The maximum absolute atomic E-state index is 13.4. The fraction of sp³-hybridized carbons (Fsp3) is 0.423. The van der Waals surface area contributed by atoms with Crippen LogP contribution in [-0.4, -0.2) is 60.3 Å². The summed E-state index contributed by atoms with van der Waals surface area (Å²) in [5.41, 5.74) is 1.72. The minimum Gasteiger partial charge on any atom is -0.497 e. The lowest BCUT2D eigenvalue weighted by Crippen LogP contribution is -2.53. The third-order valence-corrected chi connectivity index (χ3v) is 6.21. The van der Waals surface area contributed by atoms with E-state index < -0.39 is 17.9 Å². The maximum Gasteiger partial charge on any atom is 0.262 e. The molecule has 1 aliphatic heterocycles. The van der Waals surface area contributed by atoms with Gasteiger partial charge < -0.3 is 10.1 Å². The molecule has 0 radical (unpaired) electrons. The maximum atomic E-state index is 13.4. The Balaban J connectivity index is 1.83. The van der Waals surface area contributed by atoms with Crippen molar-refractivity contribution in [3.63, 3.8) is 0 Å². The van der Waals surface area contributed by atoms with Crippen LogP contribution < -0.4 is 10.1 Å². The monoisotopic (exact) mass is 451 g/mol. The van der Waals surface area contributed by atoms with E-state index in [0.717, 1.165) is 29.3 Å². The Morgan fingerprint density at radius 3 is 2.12 bits per heavy atom. The van der Waals surface area contributed by atoms with Crippen LogP contribution in [-0.2, 0) is 4.79 Å². The van der Waals surface area contributed by atoms with E-state index in [4.69, 9.17) is 4.74 Å². The van der Waals surface area contributed by atoms with Crippen LogP contribution in [0.15, 0.2) is 48.5 Å². The minimum absolute atomic E-state index is 0.0750. The molecule has 33 heavy (non-hydrogen) atoms. The van der Waals surface area contributed by atoms with Gasteiger partial charge in [-0.25, -0.2) is 0 Å². The normalized spacial score (nSPS) is 15.1. The fourth-order valence-corrected chi connectivity index (χ4v) is 4.45. The molecule has 0 aliphatic carbocycles. The van der Waals surface area contributed by atoms with Gasteiger partial charge in [-0.2, -0.15) is 0 Å². The molecule has 0 aromatic heterocycles. The van der Waals surface area contributed by atoms with Crippen molar-refractivity contribution in [1.29, 1.82) is 0 Å². The summed E-state index contributed by atoms with van der Waals surface area (Å²) in [6.45, 7) is 9.80. The molecule has 0 bridgehead atoms. The predicted octanol–water partition coefficient (Wildman–Crippen LogP) is 3.52. The number of carbonyl (C=O) groups excluding carboxylic acids is 3. The van der Waals surface area contributed by atoms with Gasteiger partial charge in [-0.3, -0.25) is 24.2 Å². The molecule has 1 heterocycles. The van der Waals surface area contributed by atoms with Gasteiger partial charge in [0.1, 0.15) is 11.8 Å². The number of nitrogens with one attached hydrogen (secondary N) is 1. The van der Waals surface area contributed by atoms with Crippen LogP contribution >= 0.6 is 0 Å². The van der Waals surface area contributed by atoms with Crippen molar-refractivity contribution >= 4 is 17.7 Å². The van der Waals surface area contributed by atoms with Gasteiger partial charge in [-0.15, -0.1) is 0 Å². The molecule has 0 saturated heterocycles. The molecule has 7 nitrogen and oxygen atoms in total. The average molecular weight is 452 g/mol. The third kappa shape index (κ3) is 4.93. The molecule has 0 fully saturated rings. The highest BCUT2D eigenvalue weighted by Gasteiger charge is 2.44. The van der Waals surface area contributed by atoms with Gasteiger partial charge in [-0.1, -0.05) is 52.0 Å². The average Bonchev–Trinajstić information content (AvgIpc) is 3.07. The van der Waals surface area contributed by atoms with E-state index in [1.807, 2.05) is 38.1 Å². The number of imide groups is 1. The van der Waals surface area contributed by atoms with Crippen molar-refractivity contribution in [2.75, 3.05) is 26.7 Å². The smallest absolute Gasteiger partial charge is 0.262 e. The Morgan fingerprint density at radius 1 is 1.00 bits per heavy atom. The Hall–Kier alpha value is -3.19. The Morgan fingerprint density at radius 2 is 1.61 bits per heavy atom. The van der Waals surface area contributed by atoms with Crippen molar-refractivity contribution in [3.8, 4) is 5.75 Å². The number of amides is 3. The van der Waals surface area contributed by atoms with E-state index in [1.54, 1.807) is 31.4 Å². The Kier molecular flexibility index (Phi) is 7.87. The van der Waals surface area contributed by atoms with Crippen LogP contribution in [0.1, 0.15) is 60.0 Å². The van der Waals surface area contributed by atoms with Crippen LogP contribution in [0.4, 0.5) is 0 Å². The lowest BCUT2D eigenvalue weighted by Gasteiger charge is -2.33. The SMILES string of the molecule is CCN(CC)C(CNC(=O)C(C(C)C)N1C(=O)c2ccccc2C1=O)c1cccc(OC)c1. The summed E-state index contributed by atoms with van der Waals surface area (Å²) >= 11 is 0. The molecule has 2 aromatic carbocycles. The van der Waals surface area contributed by atoms with Crippen molar-refractivity contribution in [2.45, 2.75) is 39.8 Å². The van der Waals surface area contributed by atoms with Crippen LogP contribution in [0.2, 0.25) is 0 Å². The number of rotatable bonds is 10. The lowest BCUT2D eigenvalue weighted by molar-refractivity contribution is -0.126. The van der Waals surface area contributed by atoms with Gasteiger partial charge in [0.15, 0.2) is 0 Å². The highest BCUT2D eigenvalue weighted by Crippen LogP contribution is 2.28. The number of hydrogen-bond acceptors (Lipinski definition) is 5. The van der Waals surface area contributed by atoms with Gasteiger partial charge in [-0.05, 0) is 48.8 Å². The second-order valence-electron chi connectivity index (χ2n) is 8.47. The first-order valence-corrected chi connectivity index (χ1v) is 11.5. The zero-order valence-corrected chi connectivity index (χ0v) is 20.0. The molecule has 0 spiro atoms. The number of likely N-dealkylation sites (N-methyl/N-ethyl adjacent to an activating group) is 1. The zero-order chi connectivity index (χ0) is 24.1. The van der Waals surface area contributed by atoms with Gasteiger partial charge in [0, 0.05) is 6.54 Å². The Labute approximate surface area is 195 Å². The first-order chi connectivity index (χ1) is 15.8. The van der Waals surface area contributed by atoms with Crippen LogP contribution in [0.5, 0.6) is 5.75 Å². The van der Waals surface area contributed by atoms with Crippen LogP contribution in [0, 0.1) is 5.92 Å². The third-order valence-electron chi connectivity index (χ3n) is 6.21. The van der Waals surface area contributed by atoms with E-state index in [0.29, 0.717) is 17.7 Å². The molecule has 1 N–H and O–H groups in total. The van der Waals surface area contributed by atoms with E-state index >= 15 is 0 Å². The number of methoxy groups -OCH3 is 1. The van der Waals surface area contributed by atoms with Crippen LogP contribution in [0.3, 0.4) is 0 Å². The largest absolute Gasteiger partial charge is 0.497 e. The summed E-state index contributed by atoms with van der Waals surface area (Å²) < 4.78 is 5.38. The van der Waals surface area contributed by atoms with E-state index in [9.17, 15) is 14.4 Å². The summed E-state index contributed by atoms with van der Waals surface area (Å²) in [7, 11) is 1.63. The first kappa shape index (κ1) is 24.5. The number of carbonyl (C=O) groups is 3. The summed E-state index contributed by atoms with van der Waals surface area (Å²) in [6, 6.07) is 13.5. The summed E-state index contributed by atoms with van der Waals surface area (Å²) in [5.74, 6) is -0.660. The Bertz CT molecular complexity index is 981. The van der Waals surface area contributed by atoms with E-state index in [-0.39, 0.29) is 17.9 Å². The highest BCUT2D eigenvalue weighted by molar-refractivity contribution is 6.22. The van der Waals surface area contributed by atoms with Gasteiger partial charge in [0.2, 0.25) is 5.91 Å². The summed E-state index contributed by atoms with van der Waals surface area (Å²) in [5, 5.41) is 3.03. The van der Waals surface area contributed by atoms with Crippen LogP contribution in [0.25, 0.3) is 0 Å². The topological polar surface area (TPSA) is 79.0 Å². The lowest BCUT2D eigenvalue weighted by atomic mass is 10.0. The molecule has 3 rings (SSSR count). The molecule has 2 aromatic rings. The van der Waals surface area contributed by atoms with Crippen molar-refractivity contribution in [2.24, 2.45) is 5.92 Å².